The topological polar surface area (TPSA) is 61.3 Å². The van der Waals surface area contributed by atoms with Crippen LogP contribution < -0.4 is 5.73 Å². The summed E-state index contributed by atoms with van der Waals surface area (Å²) in [6, 6.07) is -0.0897. The average Bonchev–Trinajstić information content (AvgIpc) is 2.46. The predicted molar refractivity (Wildman–Crippen MR) is 53.7 cm³/mol. The van der Waals surface area contributed by atoms with Crippen LogP contribution >= 0.6 is 0 Å². The van der Waals surface area contributed by atoms with Crippen LogP contribution in [0.2, 0.25) is 0 Å². The molecule has 0 bridgehead atoms. The second kappa shape index (κ2) is 4.57. The number of nitrogens with zero attached hydrogens (tertiary/aromatic N) is 1. The van der Waals surface area contributed by atoms with Gasteiger partial charge >= 0.3 is 0 Å². The monoisotopic (exact) mass is 198 g/mol. The Bertz CT molecular complexity index is 294. The van der Waals surface area contributed by atoms with Crippen LogP contribution in [0.5, 0.6) is 0 Å². The van der Waals surface area contributed by atoms with Crippen molar-refractivity contribution in [3.8, 4) is 0 Å². The predicted octanol–water partition coefficient (Wildman–Crippen LogP) is 1.79. The van der Waals surface area contributed by atoms with Crippen molar-refractivity contribution < 1.29 is 9.15 Å². The van der Waals surface area contributed by atoms with E-state index in [4.69, 9.17) is 14.9 Å². The smallest absolute Gasteiger partial charge is 0.220 e. The third-order valence-corrected chi connectivity index (χ3v) is 2.17. The van der Waals surface area contributed by atoms with Crippen molar-refractivity contribution in [2.75, 3.05) is 7.11 Å². The molecule has 1 rings (SSSR count). The van der Waals surface area contributed by atoms with E-state index in [0.717, 1.165) is 11.5 Å². The lowest BCUT2D eigenvalue weighted by molar-refractivity contribution is 0.156. The molecule has 0 saturated carbocycles. The van der Waals surface area contributed by atoms with E-state index in [1.54, 1.807) is 7.11 Å². The molecule has 14 heavy (non-hydrogen) atoms. The highest BCUT2D eigenvalue weighted by atomic mass is 16.5. The second-order valence-corrected chi connectivity index (χ2v) is 3.76. The van der Waals surface area contributed by atoms with E-state index < -0.39 is 0 Å². The van der Waals surface area contributed by atoms with E-state index in [2.05, 4.69) is 18.8 Å². The van der Waals surface area contributed by atoms with Gasteiger partial charge in [-0.2, -0.15) is 0 Å². The van der Waals surface area contributed by atoms with Gasteiger partial charge in [0.1, 0.15) is 12.4 Å². The lowest BCUT2D eigenvalue weighted by Gasteiger charge is -2.12. The second-order valence-electron chi connectivity index (χ2n) is 3.76. The summed E-state index contributed by atoms with van der Waals surface area (Å²) in [5, 5.41) is 0. The molecule has 0 saturated heterocycles. The van der Waals surface area contributed by atoms with Gasteiger partial charge in [0.25, 0.3) is 0 Å². The van der Waals surface area contributed by atoms with Crippen LogP contribution in [0.15, 0.2) is 4.42 Å². The first-order chi connectivity index (χ1) is 6.56. The minimum Gasteiger partial charge on any atom is -0.441 e. The number of methoxy groups -OCH3 is 1. The molecule has 0 spiro atoms. The van der Waals surface area contributed by atoms with E-state index in [0.29, 0.717) is 18.4 Å². The Morgan fingerprint density at radius 2 is 2.14 bits per heavy atom. The Kier molecular flexibility index (Phi) is 3.66. The molecule has 0 aromatic carbocycles. The molecule has 0 aliphatic rings. The van der Waals surface area contributed by atoms with Crippen LogP contribution in [-0.2, 0) is 11.3 Å². The molecule has 0 fully saturated rings. The van der Waals surface area contributed by atoms with E-state index in [1.807, 2.05) is 6.92 Å². The fraction of sp³-hybridized carbons (Fsp3) is 0.700. The Hall–Kier alpha value is -0.870. The van der Waals surface area contributed by atoms with E-state index in [1.165, 1.54) is 0 Å². The van der Waals surface area contributed by atoms with Gasteiger partial charge in [0.05, 0.1) is 11.7 Å². The van der Waals surface area contributed by atoms with E-state index in [9.17, 15) is 0 Å². The average molecular weight is 198 g/mol. The van der Waals surface area contributed by atoms with E-state index in [-0.39, 0.29) is 6.04 Å². The Morgan fingerprint density at radius 3 is 2.64 bits per heavy atom. The van der Waals surface area contributed by atoms with Crippen molar-refractivity contribution in [1.82, 2.24) is 4.98 Å². The third-order valence-electron chi connectivity index (χ3n) is 2.17. The summed E-state index contributed by atoms with van der Waals surface area (Å²) in [5.74, 6) is 1.71. The van der Waals surface area contributed by atoms with Gasteiger partial charge in [-0.25, -0.2) is 4.98 Å². The van der Waals surface area contributed by atoms with Gasteiger partial charge in [0, 0.05) is 7.11 Å². The van der Waals surface area contributed by atoms with E-state index >= 15 is 0 Å². The summed E-state index contributed by atoms with van der Waals surface area (Å²) in [4.78, 5) is 4.23. The molecule has 1 aromatic heterocycles. The zero-order chi connectivity index (χ0) is 10.7. The number of hydrogen-bond acceptors (Lipinski definition) is 4. The molecule has 1 unspecified atom stereocenters. The largest absolute Gasteiger partial charge is 0.441 e. The first kappa shape index (κ1) is 11.2. The van der Waals surface area contributed by atoms with Gasteiger partial charge in [0.2, 0.25) is 5.89 Å². The van der Waals surface area contributed by atoms with Gasteiger partial charge in [0.15, 0.2) is 0 Å². The molecule has 4 nitrogen and oxygen atoms in total. The van der Waals surface area contributed by atoms with Crippen LogP contribution in [0.25, 0.3) is 0 Å². The maximum atomic E-state index is 5.97. The summed E-state index contributed by atoms with van der Waals surface area (Å²) in [6.45, 7) is 6.41. The Balaban J connectivity index is 2.86. The number of rotatable bonds is 4. The fourth-order valence-corrected chi connectivity index (χ4v) is 1.26. The number of aryl methyl sites for hydroxylation is 1. The SMILES string of the molecule is COCc1nc(C)c(C(N)C(C)C)o1. The van der Waals surface area contributed by atoms with Crippen LogP contribution in [0.4, 0.5) is 0 Å². The van der Waals surface area contributed by atoms with Crippen LogP contribution in [0.1, 0.15) is 37.2 Å². The Labute approximate surface area is 84.5 Å². The minimum absolute atomic E-state index is 0.0897. The number of aromatic nitrogens is 1. The maximum absolute atomic E-state index is 5.97. The number of nitrogens with two attached hydrogens (primary N) is 1. The summed E-state index contributed by atoms with van der Waals surface area (Å²) in [7, 11) is 1.61. The summed E-state index contributed by atoms with van der Waals surface area (Å²) in [6.07, 6.45) is 0. The van der Waals surface area contributed by atoms with Crippen molar-refractivity contribution in [2.45, 2.75) is 33.4 Å². The Morgan fingerprint density at radius 1 is 1.50 bits per heavy atom. The van der Waals surface area contributed by atoms with Crippen LogP contribution in [-0.4, -0.2) is 12.1 Å². The van der Waals surface area contributed by atoms with Crippen molar-refractivity contribution >= 4 is 0 Å². The molecule has 1 atom stereocenters. The van der Waals surface area contributed by atoms with Gasteiger partial charge in [-0.1, -0.05) is 13.8 Å². The third kappa shape index (κ3) is 2.33. The highest BCUT2D eigenvalue weighted by molar-refractivity contribution is 5.12. The fourth-order valence-electron chi connectivity index (χ4n) is 1.26. The lowest BCUT2D eigenvalue weighted by atomic mass is 10.0. The number of ether oxygens (including phenoxy) is 1. The highest BCUT2D eigenvalue weighted by Gasteiger charge is 2.19. The van der Waals surface area contributed by atoms with Crippen LogP contribution in [0, 0.1) is 12.8 Å². The molecule has 0 amide bonds. The molecular formula is C10H18N2O2. The molecule has 80 valence electrons. The molecule has 0 aliphatic carbocycles. The molecule has 4 heteroatoms. The molecule has 1 heterocycles. The van der Waals surface area contributed by atoms with Gasteiger partial charge in [-0.3, -0.25) is 0 Å². The van der Waals surface area contributed by atoms with Crippen LogP contribution in [0.3, 0.4) is 0 Å². The number of hydrogen-bond donors (Lipinski definition) is 1. The first-order valence-electron chi connectivity index (χ1n) is 4.77. The molecule has 2 N–H and O–H groups in total. The normalized spacial score (nSPS) is 13.6. The van der Waals surface area contributed by atoms with Gasteiger partial charge < -0.3 is 14.9 Å². The standard InChI is InChI=1S/C10H18N2O2/c1-6(2)9(11)10-7(3)12-8(14-10)5-13-4/h6,9H,5,11H2,1-4H3. The lowest BCUT2D eigenvalue weighted by Crippen LogP contribution is -2.16. The van der Waals surface area contributed by atoms with Gasteiger partial charge in [-0.05, 0) is 12.8 Å². The summed E-state index contributed by atoms with van der Waals surface area (Å²) < 4.78 is 10.5. The zero-order valence-electron chi connectivity index (χ0n) is 9.20. The van der Waals surface area contributed by atoms with Gasteiger partial charge in [-0.15, -0.1) is 0 Å². The molecule has 0 aliphatic heterocycles. The van der Waals surface area contributed by atoms with Crippen molar-refractivity contribution in [3.05, 3.63) is 17.3 Å². The summed E-state index contributed by atoms with van der Waals surface area (Å²) >= 11 is 0. The number of oxazole rings is 1. The van der Waals surface area contributed by atoms with Crippen molar-refractivity contribution in [2.24, 2.45) is 11.7 Å². The highest BCUT2D eigenvalue weighted by Crippen LogP contribution is 2.23. The van der Waals surface area contributed by atoms with Crippen molar-refractivity contribution in [1.29, 1.82) is 0 Å². The molecular weight excluding hydrogens is 180 g/mol. The zero-order valence-corrected chi connectivity index (χ0v) is 9.20. The van der Waals surface area contributed by atoms with Crippen molar-refractivity contribution in [3.63, 3.8) is 0 Å². The maximum Gasteiger partial charge on any atom is 0.220 e. The molecule has 1 aromatic rings. The molecule has 0 radical (unpaired) electrons. The summed E-state index contributed by atoms with van der Waals surface area (Å²) in [5.41, 5.74) is 6.83. The quantitative estimate of drug-likeness (QED) is 0.801. The first-order valence-corrected chi connectivity index (χ1v) is 4.77. The minimum atomic E-state index is -0.0897.